The predicted octanol–water partition coefficient (Wildman–Crippen LogP) is 4.65. The van der Waals surface area contributed by atoms with Crippen molar-refractivity contribution in [2.75, 3.05) is 6.61 Å². The van der Waals surface area contributed by atoms with Gasteiger partial charge in [-0.15, -0.1) is 0 Å². The van der Waals surface area contributed by atoms with Crippen LogP contribution in [-0.4, -0.2) is 30.8 Å². The summed E-state index contributed by atoms with van der Waals surface area (Å²) < 4.78 is 47.9. The highest BCUT2D eigenvalue weighted by atomic mass is 32.2. The summed E-state index contributed by atoms with van der Waals surface area (Å²) >= 11 is 0. The molecule has 34 heavy (non-hydrogen) atoms. The number of fused-ring (bicyclic) bond motifs is 3. The predicted molar refractivity (Wildman–Crippen MR) is 130 cm³/mol. The molecular weight excluding hydrogens is 453 g/mol. The molecule has 1 saturated carbocycles. The van der Waals surface area contributed by atoms with Gasteiger partial charge in [-0.1, -0.05) is 19.1 Å². The number of rotatable bonds is 7. The minimum Gasteiger partial charge on any atom is -0.267 e. The van der Waals surface area contributed by atoms with Crippen LogP contribution in [-0.2, 0) is 34.4 Å². The Hall–Kier alpha value is -2.55. The van der Waals surface area contributed by atoms with Crippen molar-refractivity contribution in [1.82, 2.24) is 14.5 Å². The van der Waals surface area contributed by atoms with Crippen LogP contribution in [0, 0.1) is 17.7 Å². The topological polar surface area (TPSA) is 73.2 Å². The molecule has 1 N–H and O–H groups in total. The Morgan fingerprint density at radius 3 is 2.41 bits per heavy atom. The lowest BCUT2D eigenvalue weighted by molar-refractivity contribution is 0.292. The maximum Gasteiger partial charge on any atom is 0.336 e. The molecule has 8 heteroatoms. The van der Waals surface area contributed by atoms with Crippen molar-refractivity contribution in [1.29, 1.82) is 0 Å². The van der Waals surface area contributed by atoms with Crippen LogP contribution in [0.2, 0.25) is 0 Å². The van der Waals surface area contributed by atoms with Crippen LogP contribution >= 0.6 is 0 Å². The van der Waals surface area contributed by atoms with E-state index in [0.717, 1.165) is 48.2 Å². The van der Waals surface area contributed by atoms with Gasteiger partial charge in [0.15, 0.2) is 0 Å². The highest BCUT2D eigenvalue weighted by Gasteiger charge is 2.41. The van der Waals surface area contributed by atoms with E-state index in [9.17, 15) is 12.8 Å². The number of benzene rings is 2. The van der Waals surface area contributed by atoms with Crippen molar-refractivity contribution >= 4 is 10.3 Å². The number of nitrogens with one attached hydrogen (secondary N) is 1. The number of nitrogens with zero attached hydrogens (tertiary/aromatic N) is 2. The van der Waals surface area contributed by atoms with E-state index in [-0.39, 0.29) is 30.3 Å². The molecule has 2 unspecified atom stereocenters. The molecule has 2 aromatic carbocycles. The minimum absolute atomic E-state index is 0.0994. The highest BCUT2D eigenvalue weighted by Crippen LogP contribution is 2.41. The van der Waals surface area contributed by atoms with E-state index in [2.05, 4.69) is 22.9 Å². The molecule has 0 aliphatic heterocycles. The van der Waals surface area contributed by atoms with Crippen LogP contribution in [0.5, 0.6) is 0 Å². The van der Waals surface area contributed by atoms with E-state index in [1.54, 1.807) is 12.1 Å². The fourth-order valence-corrected chi connectivity index (χ4v) is 6.63. The first-order chi connectivity index (χ1) is 16.3. The van der Waals surface area contributed by atoms with Crippen LogP contribution in [0.4, 0.5) is 4.39 Å². The van der Waals surface area contributed by atoms with E-state index in [4.69, 9.17) is 9.28 Å². The van der Waals surface area contributed by atoms with Gasteiger partial charge < -0.3 is 0 Å². The number of halogens is 1. The zero-order valence-corrected chi connectivity index (χ0v) is 20.3. The molecule has 0 saturated heterocycles. The molecule has 1 heterocycles. The molecule has 5 rings (SSSR count). The smallest absolute Gasteiger partial charge is 0.267 e. The lowest BCUT2D eigenvalue weighted by Gasteiger charge is -2.23. The molecule has 0 amide bonds. The molecule has 2 bridgehead atoms. The molecule has 2 aliphatic carbocycles. The zero-order chi connectivity index (χ0) is 23.9. The van der Waals surface area contributed by atoms with Gasteiger partial charge in [0.25, 0.3) is 0 Å². The second-order valence-corrected chi connectivity index (χ2v) is 10.8. The van der Waals surface area contributed by atoms with Gasteiger partial charge in [-0.05, 0) is 97.0 Å². The van der Waals surface area contributed by atoms with Crippen LogP contribution in [0.1, 0.15) is 37.3 Å². The number of aryl methyl sites for hydroxylation is 1. The standard InChI is InChI=1S/C26H30FN3O3S/c1-3-12-33-34(31,32)29-26-20-6-7-21(26)15-22-14-19(5-4-18(22)13-20)24-16-25(30(2)28-24)17-8-10-23(27)11-9-17/h4-5,8-11,14,16,20-21,26,29H,3,6-7,12-13,15H2,1-2H3/t20?,21?,26-/m1/s1. The Balaban J connectivity index is 1.39. The molecule has 6 nitrogen and oxygen atoms in total. The Bertz CT molecular complexity index is 1290. The molecular formula is C26H30FN3O3S. The van der Waals surface area contributed by atoms with E-state index < -0.39 is 10.3 Å². The second-order valence-electron chi connectivity index (χ2n) is 9.45. The molecule has 0 radical (unpaired) electrons. The normalized spacial score (nSPS) is 21.9. The molecule has 1 fully saturated rings. The molecule has 0 spiro atoms. The monoisotopic (exact) mass is 483 g/mol. The van der Waals surface area contributed by atoms with E-state index in [1.807, 2.05) is 24.7 Å². The van der Waals surface area contributed by atoms with Crippen LogP contribution in [0.15, 0.2) is 48.5 Å². The maximum absolute atomic E-state index is 13.3. The van der Waals surface area contributed by atoms with Crippen LogP contribution < -0.4 is 4.72 Å². The van der Waals surface area contributed by atoms with Gasteiger partial charge in [0.05, 0.1) is 18.0 Å². The van der Waals surface area contributed by atoms with Gasteiger partial charge in [-0.25, -0.2) is 4.39 Å². The number of hydrogen-bond donors (Lipinski definition) is 1. The molecule has 1 aromatic heterocycles. The summed E-state index contributed by atoms with van der Waals surface area (Å²) in [5.74, 6) is 0.265. The molecule has 2 aliphatic rings. The van der Waals surface area contributed by atoms with Crippen LogP contribution in [0.3, 0.4) is 0 Å². The number of hydrogen-bond acceptors (Lipinski definition) is 4. The average molecular weight is 484 g/mol. The van der Waals surface area contributed by atoms with Gasteiger partial charge in [-0.2, -0.15) is 18.2 Å². The number of aromatic nitrogens is 2. The lowest BCUT2D eigenvalue weighted by Crippen LogP contribution is -2.42. The SMILES string of the molecule is CCCOS(=O)(=O)N[C@@H]1C2CCC1Cc1cc(-c3cc(-c4ccc(F)cc4)n(C)n3)ccc1C2. The van der Waals surface area contributed by atoms with E-state index in [0.29, 0.717) is 6.42 Å². The first-order valence-electron chi connectivity index (χ1n) is 11.9. The van der Waals surface area contributed by atoms with Gasteiger partial charge in [0.1, 0.15) is 5.82 Å². The summed E-state index contributed by atoms with van der Waals surface area (Å²) in [6, 6.07) is 14.8. The third-order valence-corrected chi connectivity index (χ3v) is 8.17. The summed E-state index contributed by atoms with van der Waals surface area (Å²) in [5, 5.41) is 4.71. The van der Waals surface area contributed by atoms with Gasteiger partial charge in [0.2, 0.25) is 0 Å². The first kappa shape index (κ1) is 23.2. The summed E-state index contributed by atoms with van der Waals surface area (Å²) in [7, 11) is -1.85. The molecule has 3 atom stereocenters. The zero-order valence-electron chi connectivity index (χ0n) is 19.5. The fourth-order valence-electron chi connectivity index (χ4n) is 5.45. The summed E-state index contributed by atoms with van der Waals surface area (Å²) in [6.45, 7) is 2.09. The third-order valence-electron chi connectivity index (χ3n) is 7.13. The first-order valence-corrected chi connectivity index (χ1v) is 13.3. The largest absolute Gasteiger partial charge is 0.336 e. The quantitative estimate of drug-likeness (QED) is 0.531. The Morgan fingerprint density at radius 2 is 1.71 bits per heavy atom. The van der Waals surface area contributed by atoms with Crippen molar-refractivity contribution in [2.24, 2.45) is 18.9 Å². The Kier molecular flexibility index (Phi) is 6.31. The highest BCUT2D eigenvalue weighted by molar-refractivity contribution is 7.84. The third kappa shape index (κ3) is 4.67. The maximum atomic E-state index is 13.3. The van der Waals surface area contributed by atoms with Gasteiger partial charge in [-0.3, -0.25) is 8.86 Å². The van der Waals surface area contributed by atoms with Gasteiger partial charge in [0, 0.05) is 18.7 Å². The van der Waals surface area contributed by atoms with Crippen molar-refractivity contribution < 1.29 is 17.0 Å². The van der Waals surface area contributed by atoms with Crippen molar-refractivity contribution in [3.05, 3.63) is 65.5 Å². The Labute approximate surface area is 200 Å². The van der Waals surface area contributed by atoms with E-state index in [1.165, 1.54) is 23.3 Å². The minimum atomic E-state index is -3.74. The lowest BCUT2D eigenvalue weighted by atomic mass is 9.91. The second kappa shape index (κ2) is 9.24. The molecule has 3 aromatic rings. The molecule has 180 valence electrons. The summed E-state index contributed by atoms with van der Waals surface area (Å²) in [4.78, 5) is 0. The van der Waals surface area contributed by atoms with Crippen molar-refractivity contribution in [2.45, 2.75) is 45.1 Å². The van der Waals surface area contributed by atoms with Crippen molar-refractivity contribution in [3.8, 4) is 22.5 Å². The fraction of sp³-hybridized carbons (Fsp3) is 0.423. The van der Waals surface area contributed by atoms with Gasteiger partial charge >= 0.3 is 10.3 Å². The Morgan fingerprint density at radius 1 is 1.03 bits per heavy atom. The van der Waals surface area contributed by atoms with Crippen molar-refractivity contribution in [3.63, 3.8) is 0 Å². The van der Waals surface area contributed by atoms with Crippen LogP contribution in [0.25, 0.3) is 22.5 Å². The summed E-state index contributed by atoms with van der Waals surface area (Å²) in [5.41, 5.74) is 6.27. The average Bonchev–Trinajstić information content (AvgIpc) is 3.31. The summed E-state index contributed by atoms with van der Waals surface area (Å²) in [6.07, 6.45) is 4.37. The van der Waals surface area contributed by atoms with E-state index >= 15 is 0 Å².